The van der Waals surface area contributed by atoms with E-state index in [1.165, 1.54) is 12.0 Å². The van der Waals surface area contributed by atoms with Gasteiger partial charge in [-0.15, -0.1) is 0 Å². The van der Waals surface area contributed by atoms with Crippen molar-refractivity contribution in [1.29, 1.82) is 0 Å². The molecule has 5 heteroatoms. The van der Waals surface area contributed by atoms with E-state index in [1.54, 1.807) is 20.8 Å². The van der Waals surface area contributed by atoms with Crippen molar-refractivity contribution in [1.82, 2.24) is 4.90 Å². The van der Waals surface area contributed by atoms with Crippen LogP contribution in [0.15, 0.2) is 12.3 Å². The van der Waals surface area contributed by atoms with Crippen molar-refractivity contribution < 1.29 is 19.1 Å². The molecule has 0 aromatic heterocycles. The molecule has 0 N–H and O–H groups in total. The second-order valence-electron chi connectivity index (χ2n) is 5.34. The standard InChI is InChI=1S/C13H21NO4/c1-9-10(11(15)17-5)7-6-8-14(9)12(16)18-13(2,3)4/h10H,1,6-8H2,2-5H3. The van der Waals surface area contributed by atoms with Gasteiger partial charge in [-0.2, -0.15) is 0 Å². The zero-order valence-corrected chi connectivity index (χ0v) is 11.5. The first kappa shape index (κ1) is 14.5. The molecule has 0 saturated carbocycles. The topological polar surface area (TPSA) is 55.8 Å². The molecule has 18 heavy (non-hydrogen) atoms. The van der Waals surface area contributed by atoms with Crippen LogP contribution in [0.5, 0.6) is 0 Å². The number of esters is 1. The van der Waals surface area contributed by atoms with E-state index in [1.807, 2.05) is 0 Å². The average Bonchev–Trinajstić information content (AvgIpc) is 2.26. The van der Waals surface area contributed by atoms with E-state index in [-0.39, 0.29) is 5.97 Å². The van der Waals surface area contributed by atoms with Crippen LogP contribution in [0, 0.1) is 5.92 Å². The SMILES string of the molecule is C=C1C(C(=O)OC)CCCN1C(=O)OC(C)(C)C. The van der Waals surface area contributed by atoms with Crippen molar-refractivity contribution >= 4 is 12.1 Å². The predicted molar refractivity (Wildman–Crippen MR) is 66.8 cm³/mol. The van der Waals surface area contributed by atoms with Crippen molar-refractivity contribution in [3.8, 4) is 0 Å². The van der Waals surface area contributed by atoms with E-state index in [0.29, 0.717) is 18.7 Å². The van der Waals surface area contributed by atoms with E-state index in [0.717, 1.165) is 6.42 Å². The Labute approximate surface area is 108 Å². The van der Waals surface area contributed by atoms with Gasteiger partial charge in [0.1, 0.15) is 5.60 Å². The van der Waals surface area contributed by atoms with Crippen LogP contribution in [0.4, 0.5) is 4.79 Å². The lowest BCUT2D eigenvalue weighted by molar-refractivity contribution is -0.145. The monoisotopic (exact) mass is 255 g/mol. The molecule has 1 fully saturated rings. The Kier molecular flexibility index (Phi) is 4.38. The summed E-state index contributed by atoms with van der Waals surface area (Å²) in [6, 6.07) is 0. The Morgan fingerprint density at radius 1 is 1.39 bits per heavy atom. The van der Waals surface area contributed by atoms with Crippen LogP contribution < -0.4 is 0 Å². The summed E-state index contributed by atoms with van der Waals surface area (Å²) in [5, 5.41) is 0. The molecule has 1 aliphatic rings. The summed E-state index contributed by atoms with van der Waals surface area (Å²) in [6.07, 6.45) is 0.934. The number of rotatable bonds is 1. The lowest BCUT2D eigenvalue weighted by Crippen LogP contribution is -2.42. The molecular weight excluding hydrogens is 234 g/mol. The highest BCUT2D eigenvalue weighted by molar-refractivity contribution is 5.79. The minimum Gasteiger partial charge on any atom is -0.469 e. The summed E-state index contributed by atoms with van der Waals surface area (Å²) in [6.45, 7) is 9.75. The van der Waals surface area contributed by atoms with Gasteiger partial charge >= 0.3 is 12.1 Å². The Bertz CT molecular complexity index is 356. The molecule has 0 bridgehead atoms. The summed E-state index contributed by atoms with van der Waals surface area (Å²) in [4.78, 5) is 25.0. The minimum absolute atomic E-state index is 0.353. The fourth-order valence-corrected chi connectivity index (χ4v) is 1.87. The fraction of sp³-hybridized carbons (Fsp3) is 0.692. The van der Waals surface area contributed by atoms with Gasteiger partial charge in [-0.3, -0.25) is 9.69 Å². The Morgan fingerprint density at radius 2 is 2.00 bits per heavy atom. The van der Waals surface area contributed by atoms with E-state index < -0.39 is 17.6 Å². The van der Waals surface area contributed by atoms with Crippen LogP contribution in [-0.4, -0.2) is 36.2 Å². The van der Waals surface area contributed by atoms with Crippen LogP contribution in [-0.2, 0) is 14.3 Å². The smallest absolute Gasteiger partial charge is 0.414 e. The van der Waals surface area contributed by atoms with Gasteiger partial charge in [0.05, 0.1) is 13.0 Å². The lowest BCUT2D eigenvalue weighted by atomic mass is 9.95. The fourth-order valence-electron chi connectivity index (χ4n) is 1.87. The third-order valence-electron chi connectivity index (χ3n) is 2.72. The van der Waals surface area contributed by atoms with Gasteiger partial charge in [0.25, 0.3) is 0 Å². The molecule has 5 nitrogen and oxygen atoms in total. The summed E-state index contributed by atoms with van der Waals surface area (Å²) in [5.74, 6) is -0.801. The van der Waals surface area contributed by atoms with Gasteiger partial charge in [-0.05, 0) is 33.6 Å². The maximum atomic E-state index is 12.0. The highest BCUT2D eigenvalue weighted by atomic mass is 16.6. The molecule has 1 heterocycles. The third-order valence-corrected chi connectivity index (χ3v) is 2.72. The molecule has 1 saturated heterocycles. The summed E-state index contributed by atoms with van der Waals surface area (Å²) in [7, 11) is 1.34. The molecule has 0 aliphatic carbocycles. The van der Waals surface area contributed by atoms with Crippen LogP contribution in [0.25, 0.3) is 0 Å². The number of carbonyl (C=O) groups excluding carboxylic acids is 2. The van der Waals surface area contributed by atoms with Gasteiger partial charge in [0.15, 0.2) is 0 Å². The zero-order chi connectivity index (χ0) is 13.9. The van der Waals surface area contributed by atoms with E-state index in [2.05, 4.69) is 6.58 Å². The number of nitrogens with zero attached hydrogens (tertiary/aromatic N) is 1. The molecule has 1 aliphatic heterocycles. The minimum atomic E-state index is -0.560. The number of ether oxygens (including phenoxy) is 2. The molecule has 1 rings (SSSR count). The van der Waals surface area contributed by atoms with Crippen LogP contribution in [0.1, 0.15) is 33.6 Å². The molecule has 0 radical (unpaired) electrons. The molecule has 1 unspecified atom stereocenters. The van der Waals surface area contributed by atoms with Crippen LogP contribution >= 0.6 is 0 Å². The quantitative estimate of drug-likeness (QED) is 0.675. The molecule has 102 valence electrons. The third kappa shape index (κ3) is 3.48. The van der Waals surface area contributed by atoms with Gasteiger partial charge < -0.3 is 9.47 Å². The van der Waals surface area contributed by atoms with Crippen molar-refractivity contribution in [2.45, 2.75) is 39.2 Å². The van der Waals surface area contributed by atoms with Crippen molar-refractivity contribution in [2.75, 3.05) is 13.7 Å². The van der Waals surface area contributed by atoms with Crippen LogP contribution in [0.3, 0.4) is 0 Å². The number of carbonyl (C=O) groups is 2. The Morgan fingerprint density at radius 3 is 2.50 bits per heavy atom. The van der Waals surface area contributed by atoms with E-state index in [9.17, 15) is 9.59 Å². The van der Waals surface area contributed by atoms with Crippen molar-refractivity contribution in [3.05, 3.63) is 12.3 Å². The number of methoxy groups -OCH3 is 1. The molecule has 1 amide bonds. The number of amides is 1. The normalized spacial score (nSPS) is 20.6. The summed E-state index contributed by atoms with van der Waals surface area (Å²) >= 11 is 0. The molecule has 0 aromatic rings. The number of hydrogen-bond acceptors (Lipinski definition) is 4. The molecule has 0 aromatic carbocycles. The second kappa shape index (κ2) is 5.42. The number of piperidine rings is 1. The first-order valence-corrected chi connectivity index (χ1v) is 6.03. The van der Waals surface area contributed by atoms with Gasteiger partial charge in [-0.25, -0.2) is 4.79 Å². The number of likely N-dealkylation sites (tertiary alicyclic amines) is 1. The average molecular weight is 255 g/mol. The van der Waals surface area contributed by atoms with Gasteiger partial charge in [0.2, 0.25) is 0 Å². The predicted octanol–water partition coefficient (Wildman–Crippen LogP) is 2.32. The Hall–Kier alpha value is -1.52. The first-order valence-electron chi connectivity index (χ1n) is 6.03. The molecule has 1 atom stereocenters. The lowest BCUT2D eigenvalue weighted by Gasteiger charge is -2.34. The van der Waals surface area contributed by atoms with Crippen molar-refractivity contribution in [3.63, 3.8) is 0 Å². The molecule has 0 spiro atoms. The largest absolute Gasteiger partial charge is 0.469 e. The van der Waals surface area contributed by atoms with Gasteiger partial charge in [-0.1, -0.05) is 6.58 Å². The van der Waals surface area contributed by atoms with Crippen LogP contribution in [0.2, 0.25) is 0 Å². The highest BCUT2D eigenvalue weighted by Gasteiger charge is 2.34. The highest BCUT2D eigenvalue weighted by Crippen LogP contribution is 2.28. The zero-order valence-electron chi connectivity index (χ0n) is 11.5. The van der Waals surface area contributed by atoms with E-state index >= 15 is 0 Å². The number of hydrogen-bond donors (Lipinski definition) is 0. The van der Waals surface area contributed by atoms with Gasteiger partial charge in [0, 0.05) is 12.2 Å². The Balaban J connectivity index is 2.75. The first-order chi connectivity index (χ1) is 8.26. The second-order valence-corrected chi connectivity index (χ2v) is 5.34. The van der Waals surface area contributed by atoms with E-state index in [4.69, 9.17) is 9.47 Å². The maximum absolute atomic E-state index is 12.0. The molecular formula is C13H21NO4. The maximum Gasteiger partial charge on any atom is 0.414 e. The summed E-state index contributed by atoms with van der Waals surface area (Å²) < 4.78 is 9.99. The van der Waals surface area contributed by atoms with Crippen molar-refractivity contribution in [2.24, 2.45) is 5.92 Å². The summed E-state index contributed by atoms with van der Waals surface area (Å²) in [5.41, 5.74) is -0.0994.